The van der Waals surface area contributed by atoms with E-state index in [1.165, 1.54) is 16.3 Å². The Bertz CT molecular complexity index is 2160. The van der Waals surface area contributed by atoms with Gasteiger partial charge in [0.2, 0.25) is 0 Å². The molecule has 0 N–H and O–H groups in total. The highest BCUT2D eigenvalue weighted by Crippen LogP contribution is 2.42. The number of rotatable bonds is 11. The summed E-state index contributed by atoms with van der Waals surface area (Å²) >= 11 is 13.4. The zero-order chi connectivity index (χ0) is 34.3. The minimum absolute atomic E-state index is 0.511. The van der Waals surface area contributed by atoms with Gasteiger partial charge < -0.3 is 14.2 Å². The molecule has 0 saturated carbocycles. The summed E-state index contributed by atoms with van der Waals surface area (Å²) in [5, 5.41) is 9.61. The van der Waals surface area contributed by atoms with E-state index in [-0.39, 0.29) is 0 Å². The first kappa shape index (κ1) is 33.6. The number of aryl methyl sites for hydroxylation is 6. The normalized spacial score (nSPS) is 11.5. The van der Waals surface area contributed by atoms with E-state index in [0.29, 0.717) is 36.8 Å². The lowest BCUT2D eigenvalue weighted by molar-refractivity contribution is 0.111. The molecule has 248 valence electrons. The van der Waals surface area contributed by atoms with Crippen LogP contribution < -0.4 is 9.64 Å². The Balaban J connectivity index is 1.39. The largest absolute Gasteiger partial charge is 0.494 e. The average molecular weight is 682 g/mol. The number of nitrogens with zero attached hydrogens (tertiary/aromatic N) is 4. The fourth-order valence-corrected chi connectivity index (χ4v) is 7.38. The topological polar surface area (TPSA) is 52.3 Å². The number of ether oxygens (including phenoxy) is 1. The number of likely N-dealkylation sites (N-methyl/N-ethyl adjacent to an activating group) is 1. The quantitative estimate of drug-likeness (QED) is 0.101. The molecule has 2 heterocycles. The second-order valence-corrected chi connectivity index (χ2v) is 13.6. The lowest BCUT2D eigenvalue weighted by atomic mass is 9.98. The molecule has 6 rings (SSSR count). The van der Waals surface area contributed by atoms with Crippen molar-refractivity contribution in [2.75, 3.05) is 25.1 Å². The molecule has 0 spiro atoms. The second kappa shape index (κ2) is 13.7. The van der Waals surface area contributed by atoms with E-state index >= 15 is 0 Å². The van der Waals surface area contributed by atoms with E-state index in [4.69, 9.17) is 33.0 Å². The summed E-state index contributed by atoms with van der Waals surface area (Å²) in [6.07, 6.45) is 2.41. The van der Waals surface area contributed by atoms with Crippen molar-refractivity contribution in [2.24, 2.45) is 7.05 Å². The van der Waals surface area contributed by atoms with Gasteiger partial charge in [0.05, 0.1) is 28.5 Å². The number of benzene rings is 4. The molecular formula is C40H42Cl2N4O2. The average Bonchev–Trinajstić information content (AvgIpc) is 3.50. The van der Waals surface area contributed by atoms with E-state index < -0.39 is 0 Å². The van der Waals surface area contributed by atoms with Crippen LogP contribution in [0, 0.1) is 34.6 Å². The summed E-state index contributed by atoms with van der Waals surface area (Å²) in [5.74, 6) is 0.802. The molecule has 0 aliphatic carbocycles. The number of hydrogen-bond acceptors (Lipinski definition) is 4. The maximum Gasteiger partial charge on any atom is 0.166 e. The van der Waals surface area contributed by atoms with E-state index in [9.17, 15) is 4.79 Å². The van der Waals surface area contributed by atoms with Crippen LogP contribution in [0.15, 0.2) is 60.7 Å². The molecule has 0 aliphatic rings. The highest BCUT2D eigenvalue weighted by Gasteiger charge is 2.25. The number of halogens is 2. The van der Waals surface area contributed by atoms with Gasteiger partial charge in [0, 0.05) is 60.1 Å². The van der Waals surface area contributed by atoms with E-state index in [1.54, 1.807) is 0 Å². The Kier molecular flexibility index (Phi) is 9.60. The molecule has 0 amide bonds. The predicted octanol–water partition coefficient (Wildman–Crippen LogP) is 10.0. The number of hydrogen-bond donors (Lipinski definition) is 0. The third-order valence-corrected chi connectivity index (χ3v) is 10.5. The van der Waals surface area contributed by atoms with E-state index in [2.05, 4.69) is 72.8 Å². The SMILES string of the molecule is Cc1cc(OCCCc2c(C=O)n(CCN(C)c3cc(C)c4ccccc4c3)c3c(-c4c(C)nn(C)c4C)c(Cl)ccc23)cc(C)c1Cl. The van der Waals surface area contributed by atoms with Crippen LogP contribution in [-0.2, 0) is 20.0 Å². The third-order valence-electron chi connectivity index (χ3n) is 9.60. The van der Waals surface area contributed by atoms with Gasteiger partial charge >= 0.3 is 0 Å². The van der Waals surface area contributed by atoms with Crippen molar-refractivity contribution in [3.8, 4) is 16.9 Å². The van der Waals surface area contributed by atoms with Gasteiger partial charge in [-0.25, -0.2) is 0 Å². The second-order valence-electron chi connectivity index (χ2n) is 12.8. The third kappa shape index (κ3) is 6.20. The molecule has 0 unspecified atom stereocenters. The fraction of sp³-hybridized carbons (Fsp3) is 0.300. The zero-order valence-corrected chi connectivity index (χ0v) is 30.3. The monoisotopic (exact) mass is 680 g/mol. The maximum atomic E-state index is 13.0. The van der Waals surface area contributed by atoms with Crippen molar-refractivity contribution in [2.45, 2.75) is 54.0 Å². The molecule has 0 atom stereocenters. The van der Waals surface area contributed by atoms with Gasteiger partial charge in [-0.05, 0) is 111 Å². The molecule has 2 aromatic heterocycles. The van der Waals surface area contributed by atoms with Crippen LogP contribution >= 0.6 is 23.2 Å². The molecule has 0 saturated heterocycles. The van der Waals surface area contributed by atoms with Gasteiger partial charge in [-0.3, -0.25) is 9.48 Å². The van der Waals surface area contributed by atoms with E-state index in [0.717, 1.165) is 79.3 Å². The van der Waals surface area contributed by atoms with Crippen LogP contribution in [0.2, 0.25) is 10.0 Å². The molecule has 6 aromatic rings. The number of carbonyl (C=O) groups excluding carboxylic acids is 1. The minimum atomic E-state index is 0.511. The highest BCUT2D eigenvalue weighted by molar-refractivity contribution is 6.35. The first-order valence-electron chi connectivity index (χ1n) is 16.4. The van der Waals surface area contributed by atoms with Gasteiger partial charge in [0.15, 0.2) is 6.29 Å². The van der Waals surface area contributed by atoms with Gasteiger partial charge in [-0.15, -0.1) is 0 Å². The zero-order valence-electron chi connectivity index (χ0n) is 28.7. The lowest BCUT2D eigenvalue weighted by Crippen LogP contribution is -2.23. The summed E-state index contributed by atoms with van der Waals surface area (Å²) in [6.45, 7) is 12.0. The highest BCUT2D eigenvalue weighted by atomic mass is 35.5. The number of anilines is 1. The fourth-order valence-electron chi connectivity index (χ4n) is 7.03. The van der Waals surface area contributed by atoms with Gasteiger partial charge in [0.1, 0.15) is 5.75 Å². The maximum absolute atomic E-state index is 13.0. The number of aldehydes is 1. The summed E-state index contributed by atoms with van der Waals surface area (Å²) in [5.41, 5.74) is 10.9. The number of carbonyl (C=O) groups is 1. The Morgan fingerprint density at radius 2 is 1.62 bits per heavy atom. The Hall–Kier alpha value is -4.26. The Labute approximate surface area is 292 Å². The van der Waals surface area contributed by atoms with Gasteiger partial charge in [-0.2, -0.15) is 5.10 Å². The van der Waals surface area contributed by atoms with Crippen LogP contribution in [0.25, 0.3) is 32.8 Å². The predicted molar refractivity (Wildman–Crippen MR) is 201 cm³/mol. The summed E-state index contributed by atoms with van der Waals surface area (Å²) < 4.78 is 10.2. The molecule has 0 fully saturated rings. The first-order valence-corrected chi connectivity index (χ1v) is 17.1. The Morgan fingerprint density at radius 1 is 0.896 bits per heavy atom. The Morgan fingerprint density at radius 3 is 2.31 bits per heavy atom. The molecule has 6 nitrogen and oxygen atoms in total. The minimum Gasteiger partial charge on any atom is -0.494 e. The molecule has 8 heteroatoms. The molecule has 0 bridgehead atoms. The molecule has 48 heavy (non-hydrogen) atoms. The van der Waals surface area contributed by atoms with Crippen molar-refractivity contribution in [3.63, 3.8) is 0 Å². The van der Waals surface area contributed by atoms with Gasteiger partial charge in [-0.1, -0.05) is 53.5 Å². The summed E-state index contributed by atoms with van der Waals surface area (Å²) in [7, 11) is 4.06. The van der Waals surface area contributed by atoms with Crippen LogP contribution in [-0.4, -0.2) is 40.8 Å². The molecule has 0 aliphatic heterocycles. The first-order chi connectivity index (χ1) is 23.0. The van der Waals surface area contributed by atoms with Crippen molar-refractivity contribution < 1.29 is 9.53 Å². The van der Waals surface area contributed by atoms with Crippen molar-refractivity contribution in [1.29, 1.82) is 0 Å². The van der Waals surface area contributed by atoms with Crippen molar-refractivity contribution in [1.82, 2.24) is 14.3 Å². The molecule has 4 aromatic carbocycles. The van der Waals surface area contributed by atoms with Crippen LogP contribution in [0.5, 0.6) is 5.75 Å². The van der Waals surface area contributed by atoms with Crippen molar-refractivity contribution in [3.05, 3.63) is 110 Å². The number of fused-ring (bicyclic) bond motifs is 2. The standard InChI is InChI=1S/C40H42Cl2N4O2/c1-24-19-30(22-29-11-8-9-12-32(24)29)44(6)16-17-46-36(23-47)33(13-10-18-48-31-20-25(2)39(42)26(3)21-31)34-14-15-35(41)38(40(34)46)37-27(4)43-45(7)28(37)5/h8-9,11-12,14-15,19-23H,10,13,16-18H2,1-7H3. The molecular weight excluding hydrogens is 639 g/mol. The van der Waals surface area contributed by atoms with E-state index in [1.807, 2.05) is 50.7 Å². The van der Waals surface area contributed by atoms with Crippen LogP contribution in [0.3, 0.4) is 0 Å². The smallest absolute Gasteiger partial charge is 0.166 e. The van der Waals surface area contributed by atoms with Crippen LogP contribution in [0.1, 0.15) is 50.6 Å². The summed E-state index contributed by atoms with van der Waals surface area (Å²) in [6, 6.07) is 20.9. The van der Waals surface area contributed by atoms with Crippen molar-refractivity contribution >= 4 is 56.9 Å². The number of aromatic nitrogens is 3. The molecule has 0 radical (unpaired) electrons. The van der Waals surface area contributed by atoms with Gasteiger partial charge in [0.25, 0.3) is 0 Å². The summed E-state index contributed by atoms with van der Waals surface area (Å²) in [4.78, 5) is 15.3. The van der Waals surface area contributed by atoms with Crippen LogP contribution in [0.4, 0.5) is 5.69 Å². The lowest BCUT2D eigenvalue weighted by Gasteiger charge is -2.22.